The van der Waals surface area contributed by atoms with Crippen LogP contribution in [0.25, 0.3) is 21.1 Å². The second kappa shape index (κ2) is 5.90. The van der Waals surface area contributed by atoms with Crippen molar-refractivity contribution in [1.82, 2.24) is 0 Å². The number of thiophene rings is 1. The first-order chi connectivity index (χ1) is 11.3. The van der Waals surface area contributed by atoms with Crippen LogP contribution in [0.1, 0.15) is 28.8 Å². The van der Waals surface area contributed by atoms with Crippen molar-refractivity contribution in [3.8, 4) is 5.75 Å². The van der Waals surface area contributed by atoms with E-state index in [1.54, 1.807) is 12.1 Å². The number of carboxylic acid groups (broad SMARTS) is 1. The fraction of sp³-hybridized carbons (Fsp3) is 0.294. The molecule has 0 spiro atoms. The molecule has 24 heavy (non-hydrogen) atoms. The van der Waals surface area contributed by atoms with Crippen LogP contribution in [0.3, 0.4) is 0 Å². The molecule has 1 atom stereocenters. The van der Waals surface area contributed by atoms with Crippen LogP contribution in [0, 0.1) is 18.7 Å². The van der Waals surface area contributed by atoms with Gasteiger partial charge in [-0.15, -0.1) is 11.3 Å². The third kappa shape index (κ3) is 2.54. The number of halogens is 1. The predicted molar refractivity (Wildman–Crippen MR) is 88.6 cm³/mol. The van der Waals surface area contributed by atoms with Crippen molar-refractivity contribution in [3.63, 3.8) is 0 Å². The van der Waals surface area contributed by atoms with Crippen LogP contribution in [0.2, 0.25) is 0 Å². The summed E-state index contributed by atoms with van der Waals surface area (Å²) in [5, 5.41) is 9.79. The van der Waals surface area contributed by atoms with E-state index in [0.717, 1.165) is 0 Å². The quantitative estimate of drug-likeness (QED) is 0.690. The van der Waals surface area contributed by atoms with Gasteiger partial charge in [-0.3, -0.25) is 9.59 Å². The molecule has 126 valence electrons. The summed E-state index contributed by atoms with van der Waals surface area (Å²) in [5.74, 6) is -2.02. The summed E-state index contributed by atoms with van der Waals surface area (Å²) in [6.45, 7) is 3.00. The Balaban J connectivity index is 2.16. The highest BCUT2D eigenvalue weighted by molar-refractivity contribution is 7.21. The summed E-state index contributed by atoms with van der Waals surface area (Å²) < 4.78 is 25.8. The van der Waals surface area contributed by atoms with Crippen LogP contribution in [-0.4, -0.2) is 24.0 Å². The standard InChI is InChI=1S/C17H15FO5S/c1-7(17(20)21)4-10(19)13-5-9-12(24-13)6-11(22-3)16-14(9)15(18)8(2)23-16/h5-7H,4H2,1-3H3,(H,20,21)/t7-/m0/s1. The number of carbonyl (C=O) groups excluding carboxylic acids is 1. The van der Waals surface area contributed by atoms with E-state index in [9.17, 15) is 14.0 Å². The summed E-state index contributed by atoms with van der Waals surface area (Å²) in [4.78, 5) is 23.6. The molecular formula is C17H15FO5S. The van der Waals surface area contributed by atoms with Crippen LogP contribution < -0.4 is 4.74 Å². The zero-order chi connectivity index (χ0) is 17.6. The molecule has 0 bridgehead atoms. The highest BCUT2D eigenvalue weighted by Gasteiger charge is 2.23. The van der Waals surface area contributed by atoms with Gasteiger partial charge in [-0.25, -0.2) is 4.39 Å². The van der Waals surface area contributed by atoms with Crippen molar-refractivity contribution in [2.75, 3.05) is 7.11 Å². The molecule has 0 unspecified atom stereocenters. The lowest BCUT2D eigenvalue weighted by atomic mass is 10.0. The fourth-order valence-electron chi connectivity index (χ4n) is 2.59. The van der Waals surface area contributed by atoms with Crippen molar-refractivity contribution in [2.24, 2.45) is 5.92 Å². The first kappa shape index (κ1) is 16.4. The summed E-state index contributed by atoms with van der Waals surface area (Å²) in [7, 11) is 1.46. The topological polar surface area (TPSA) is 76.7 Å². The molecule has 0 radical (unpaired) electrons. The molecule has 0 saturated heterocycles. The van der Waals surface area contributed by atoms with Crippen molar-refractivity contribution < 1.29 is 28.2 Å². The first-order valence-corrected chi connectivity index (χ1v) is 8.10. The van der Waals surface area contributed by atoms with Crippen molar-refractivity contribution >= 4 is 44.1 Å². The third-order valence-corrected chi connectivity index (χ3v) is 5.06. The van der Waals surface area contributed by atoms with Crippen molar-refractivity contribution in [1.29, 1.82) is 0 Å². The van der Waals surface area contributed by atoms with E-state index < -0.39 is 17.7 Å². The first-order valence-electron chi connectivity index (χ1n) is 7.28. The van der Waals surface area contributed by atoms with E-state index >= 15 is 0 Å². The normalized spacial score (nSPS) is 12.7. The van der Waals surface area contributed by atoms with Gasteiger partial charge in [0.15, 0.2) is 22.9 Å². The van der Waals surface area contributed by atoms with Gasteiger partial charge in [-0.05, 0) is 13.0 Å². The van der Waals surface area contributed by atoms with Gasteiger partial charge in [0, 0.05) is 22.6 Å². The van der Waals surface area contributed by atoms with E-state index in [2.05, 4.69) is 0 Å². The van der Waals surface area contributed by atoms with Gasteiger partial charge in [0.2, 0.25) is 0 Å². The maximum Gasteiger partial charge on any atom is 0.306 e. The minimum absolute atomic E-state index is 0.102. The van der Waals surface area contributed by atoms with Crippen LogP contribution in [0.5, 0.6) is 5.75 Å². The second-order valence-electron chi connectivity index (χ2n) is 5.64. The average molecular weight is 350 g/mol. The van der Waals surface area contributed by atoms with Gasteiger partial charge in [-0.1, -0.05) is 6.92 Å². The molecule has 0 aliphatic rings. The van der Waals surface area contributed by atoms with E-state index in [0.29, 0.717) is 26.3 Å². The van der Waals surface area contributed by atoms with Crippen LogP contribution in [0.15, 0.2) is 16.5 Å². The molecule has 2 aromatic heterocycles. The van der Waals surface area contributed by atoms with E-state index in [-0.39, 0.29) is 23.4 Å². The number of Topliss-reactive ketones (excluding diaryl/α,β-unsaturated/α-hetero) is 1. The van der Waals surface area contributed by atoms with Gasteiger partial charge in [0.1, 0.15) is 5.76 Å². The number of benzene rings is 1. The van der Waals surface area contributed by atoms with Gasteiger partial charge in [-0.2, -0.15) is 0 Å². The second-order valence-corrected chi connectivity index (χ2v) is 6.73. The average Bonchev–Trinajstić information content (AvgIpc) is 3.08. The number of carbonyl (C=O) groups is 2. The Morgan fingerprint density at radius 1 is 1.42 bits per heavy atom. The lowest BCUT2D eigenvalue weighted by Crippen LogP contribution is -2.13. The van der Waals surface area contributed by atoms with E-state index in [1.807, 2.05) is 0 Å². The van der Waals surface area contributed by atoms with Gasteiger partial charge >= 0.3 is 5.97 Å². The molecule has 1 N–H and O–H groups in total. The summed E-state index contributed by atoms with van der Waals surface area (Å²) in [5.41, 5.74) is 0.302. The minimum atomic E-state index is -1.02. The fourth-order valence-corrected chi connectivity index (χ4v) is 3.63. The molecule has 0 fully saturated rings. The Hall–Kier alpha value is -2.41. The van der Waals surface area contributed by atoms with Gasteiger partial charge in [0.05, 0.1) is 23.3 Å². The Kier molecular flexibility index (Phi) is 4.04. The van der Waals surface area contributed by atoms with E-state index in [4.69, 9.17) is 14.3 Å². The number of hydrogen-bond acceptors (Lipinski definition) is 5. The molecule has 3 aromatic rings. The third-order valence-electron chi connectivity index (χ3n) is 3.93. The van der Waals surface area contributed by atoms with E-state index in [1.165, 1.54) is 32.3 Å². The molecule has 0 aliphatic heterocycles. The number of methoxy groups -OCH3 is 1. The summed E-state index contributed by atoms with van der Waals surface area (Å²) in [6, 6.07) is 3.29. The number of aryl methyl sites for hydroxylation is 1. The summed E-state index contributed by atoms with van der Waals surface area (Å²) in [6.07, 6.45) is -0.102. The molecule has 2 heterocycles. The SMILES string of the molecule is COc1cc2sc(C(=O)C[C@H](C)C(=O)O)cc2c2c(F)c(C)oc12. The van der Waals surface area contributed by atoms with Gasteiger partial charge < -0.3 is 14.3 Å². The Bertz CT molecular complexity index is 969. The van der Waals surface area contributed by atoms with Crippen LogP contribution >= 0.6 is 11.3 Å². The molecule has 0 aliphatic carbocycles. The Labute approximate surface area is 140 Å². The molecule has 0 saturated carbocycles. The number of aliphatic carboxylic acids is 1. The molecular weight excluding hydrogens is 335 g/mol. The minimum Gasteiger partial charge on any atom is -0.493 e. The molecule has 0 amide bonds. The molecule has 5 nitrogen and oxygen atoms in total. The number of hydrogen-bond donors (Lipinski definition) is 1. The number of ether oxygens (including phenoxy) is 1. The maximum atomic E-state index is 14.4. The molecule has 1 aromatic carbocycles. The van der Waals surface area contributed by atoms with Crippen molar-refractivity contribution in [3.05, 3.63) is 28.6 Å². The number of fused-ring (bicyclic) bond motifs is 3. The smallest absolute Gasteiger partial charge is 0.306 e. The lowest BCUT2D eigenvalue weighted by Gasteiger charge is -2.02. The number of rotatable bonds is 5. The zero-order valence-electron chi connectivity index (χ0n) is 13.3. The number of carboxylic acids is 1. The zero-order valence-corrected chi connectivity index (χ0v) is 14.1. The maximum absolute atomic E-state index is 14.4. The largest absolute Gasteiger partial charge is 0.493 e. The predicted octanol–water partition coefficient (Wildman–Crippen LogP) is 4.40. The van der Waals surface area contributed by atoms with Crippen LogP contribution in [0.4, 0.5) is 4.39 Å². The van der Waals surface area contributed by atoms with Crippen molar-refractivity contribution in [2.45, 2.75) is 20.3 Å². The monoisotopic (exact) mass is 350 g/mol. The molecule has 7 heteroatoms. The lowest BCUT2D eigenvalue weighted by molar-refractivity contribution is -0.141. The molecule has 3 rings (SSSR count). The van der Waals surface area contributed by atoms with Crippen LogP contribution in [-0.2, 0) is 4.79 Å². The number of furan rings is 1. The Morgan fingerprint density at radius 2 is 2.12 bits per heavy atom. The number of ketones is 1. The highest BCUT2D eigenvalue weighted by Crippen LogP contribution is 2.41. The Morgan fingerprint density at radius 3 is 2.75 bits per heavy atom. The summed E-state index contributed by atoms with van der Waals surface area (Å²) >= 11 is 1.19. The highest BCUT2D eigenvalue weighted by atomic mass is 32.1. The van der Waals surface area contributed by atoms with Gasteiger partial charge in [0.25, 0.3) is 0 Å².